The number of carbonyl (C=O) groups is 1. The maximum Gasteiger partial charge on any atom is 0.411 e. The monoisotopic (exact) mass is 151 g/mol. The third-order valence-corrected chi connectivity index (χ3v) is 0.919. The zero-order valence-corrected chi connectivity index (χ0v) is 6.33. The van der Waals surface area contributed by atoms with Crippen LogP contribution in [-0.4, -0.2) is 31.2 Å². The first kappa shape index (κ1) is 9.39. The van der Waals surface area contributed by atoms with E-state index in [1.54, 1.807) is 7.05 Å². The van der Waals surface area contributed by atoms with Gasteiger partial charge in [0.15, 0.2) is 6.61 Å². The average molecular weight is 151 g/mol. The zero-order chi connectivity index (χ0) is 8.69. The van der Waals surface area contributed by atoms with Crippen LogP contribution in [0.15, 0.2) is 0 Å². The molecule has 0 aromatic rings. The molecule has 0 bridgehead atoms. The molecule has 0 aliphatic rings. The maximum atomic E-state index is 10.8. The summed E-state index contributed by atoms with van der Waals surface area (Å²) < 4.78 is 4.56. The Labute approximate surface area is 66.3 Å². The number of nitrogens with zero attached hydrogens (tertiary/aromatic N) is 1. The molecule has 0 radical (unpaired) electrons. The van der Waals surface area contributed by atoms with Gasteiger partial charge >= 0.3 is 6.09 Å². The molecular weight excluding hydrogens is 142 g/mol. The molecule has 11 heavy (non-hydrogen) atoms. The Morgan fingerprint density at radius 2 is 2.18 bits per heavy atom. The summed E-state index contributed by atoms with van der Waals surface area (Å²) in [6, 6.07) is 0. The largest absolute Gasteiger partial charge is 0.436 e. The molecule has 0 heterocycles. The SMILES string of the molecule is C#CCOC(=O)N(C)CC#C. The van der Waals surface area contributed by atoms with Gasteiger partial charge in [0.05, 0.1) is 6.54 Å². The number of hydrogen-bond donors (Lipinski definition) is 0. The molecule has 0 fully saturated rings. The maximum absolute atomic E-state index is 10.8. The van der Waals surface area contributed by atoms with Gasteiger partial charge in [0.2, 0.25) is 0 Å². The highest BCUT2D eigenvalue weighted by atomic mass is 16.6. The molecule has 0 aliphatic heterocycles. The Bertz CT molecular complexity index is 209. The summed E-state index contributed by atoms with van der Waals surface area (Å²) in [7, 11) is 1.54. The second-order valence-corrected chi connectivity index (χ2v) is 1.82. The van der Waals surface area contributed by atoms with Crippen molar-refractivity contribution in [3.63, 3.8) is 0 Å². The first-order chi connectivity index (χ1) is 5.22. The lowest BCUT2D eigenvalue weighted by Crippen LogP contribution is -2.27. The second-order valence-electron chi connectivity index (χ2n) is 1.82. The standard InChI is InChI=1S/C8H9NO2/c1-4-6-9(3)8(10)11-7-5-2/h1-2H,6-7H2,3H3. The normalized spacial score (nSPS) is 7.55. The fourth-order valence-electron chi connectivity index (χ4n) is 0.415. The van der Waals surface area contributed by atoms with Crippen LogP contribution < -0.4 is 0 Å². The third-order valence-electron chi connectivity index (χ3n) is 0.919. The van der Waals surface area contributed by atoms with E-state index in [1.807, 2.05) is 0 Å². The lowest BCUT2D eigenvalue weighted by molar-refractivity contribution is 0.127. The van der Waals surface area contributed by atoms with Crippen molar-refractivity contribution in [2.45, 2.75) is 0 Å². The Morgan fingerprint density at radius 3 is 2.64 bits per heavy atom. The van der Waals surface area contributed by atoms with Gasteiger partial charge in [0, 0.05) is 7.05 Å². The molecule has 0 N–H and O–H groups in total. The predicted octanol–water partition coefficient (Wildman–Crippen LogP) is 0.321. The van der Waals surface area contributed by atoms with Crippen LogP contribution in [0.3, 0.4) is 0 Å². The van der Waals surface area contributed by atoms with Crippen molar-refractivity contribution in [1.82, 2.24) is 4.90 Å². The molecule has 58 valence electrons. The Hall–Kier alpha value is -1.61. The van der Waals surface area contributed by atoms with Crippen LogP contribution in [0.1, 0.15) is 0 Å². The summed E-state index contributed by atoms with van der Waals surface area (Å²) in [6.07, 6.45) is 9.32. The van der Waals surface area contributed by atoms with E-state index < -0.39 is 6.09 Å². The molecule has 3 heteroatoms. The molecular formula is C8H9NO2. The highest BCUT2D eigenvalue weighted by Gasteiger charge is 2.05. The number of rotatable bonds is 2. The molecule has 0 saturated carbocycles. The van der Waals surface area contributed by atoms with Crippen molar-refractivity contribution in [3.05, 3.63) is 0 Å². The fraction of sp³-hybridized carbons (Fsp3) is 0.375. The van der Waals surface area contributed by atoms with Gasteiger partial charge in [-0.15, -0.1) is 12.8 Å². The van der Waals surface area contributed by atoms with Crippen molar-refractivity contribution in [3.8, 4) is 24.7 Å². The minimum Gasteiger partial charge on any atom is -0.436 e. The van der Waals surface area contributed by atoms with Crippen LogP contribution in [0.2, 0.25) is 0 Å². The van der Waals surface area contributed by atoms with E-state index in [4.69, 9.17) is 12.8 Å². The average Bonchev–Trinajstić information content (AvgIpc) is 2.00. The molecule has 0 unspecified atom stereocenters. The van der Waals surface area contributed by atoms with Gasteiger partial charge in [-0.3, -0.25) is 0 Å². The smallest absolute Gasteiger partial charge is 0.411 e. The van der Waals surface area contributed by atoms with Crippen LogP contribution in [0.25, 0.3) is 0 Å². The lowest BCUT2D eigenvalue weighted by Gasteiger charge is -2.11. The van der Waals surface area contributed by atoms with E-state index in [2.05, 4.69) is 16.6 Å². The molecule has 0 aromatic heterocycles. The Kier molecular flexibility index (Phi) is 4.44. The number of hydrogen-bond acceptors (Lipinski definition) is 2. The fourth-order valence-corrected chi connectivity index (χ4v) is 0.415. The highest BCUT2D eigenvalue weighted by molar-refractivity contribution is 5.67. The summed E-state index contributed by atoms with van der Waals surface area (Å²) in [4.78, 5) is 12.1. The van der Waals surface area contributed by atoms with Crippen LogP contribution >= 0.6 is 0 Å². The van der Waals surface area contributed by atoms with Gasteiger partial charge in [-0.1, -0.05) is 11.8 Å². The Morgan fingerprint density at radius 1 is 1.55 bits per heavy atom. The topological polar surface area (TPSA) is 29.5 Å². The number of ether oxygens (including phenoxy) is 1. The van der Waals surface area contributed by atoms with Gasteiger partial charge in [0.1, 0.15) is 0 Å². The van der Waals surface area contributed by atoms with Crippen LogP contribution in [0.4, 0.5) is 4.79 Å². The van der Waals surface area contributed by atoms with Crippen molar-refractivity contribution >= 4 is 6.09 Å². The summed E-state index contributed by atoms with van der Waals surface area (Å²) >= 11 is 0. The van der Waals surface area contributed by atoms with Gasteiger partial charge in [-0.25, -0.2) is 4.79 Å². The van der Waals surface area contributed by atoms with Crippen molar-refractivity contribution in [1.29, 1.82) is 0 Å². The molecule has 0 spiro atoms. The molecule has 0 saturated heterocycles. The molecule has 0 aromatic carbocycles. The minimum atomic E-state index is -0.499. The van der Waals surface area contributed by atoms with E-state index in [-0.39, 0.29) is 13.2 Å². The summed E-state index contributed by atoms with van der Waals surface area (Å²) in [6.45, 7) is 0.206. The number of amides is 1. The molecule has 0 rings (SSSR count). The van der Waals surface area contributed by atoms with E-state index in [1.165, 1.54) is 4.90 Å². The quantitative estimate of drug-likeness (QED) is 0.532. The van der Waals surface area contributed by atoms with Crippen LogP contribution in [0, 0.1) is 24.7 Å². The lowest BCUT2D eigenvalue weighted by atomic mass is 10.6. The summed E-state index contributed by atoms with van der Waals surface area (Å²) in [5, 5.41) is 0. The van der Waals surface area contributed by atoms with Crippen molar-refractivity contribution in [2.75, 3.05) is 20.2 Å². The highest BCUT2D eigenvalue weighted by Crippen LogP contribution is 1.87. The first-order valence-corrected chi connectivity index (χ1v) is 2.97. The molecule has 0 aliphatic carbocycles. The van der Waals surface area contributed by atoms with E-state index >= 15 is 0 Å². The minimum absolute atomic E-state index is 0.0201. The molecule has 0 atom stereocenters. The Balaban J connectivity index is 3.68. The molecule has 1 amide bonds. The van der Waals surface area contributed by atoms with E-state index in [0.29, 0.717) is 0 Å². The van der Waals surface area contributed by atoms with E-state index in [0.717, 1.165) is 0 Å². The number of carbonyl (C=O) groups excluding carboxylic acids is 1. The first-order valence-electron chi connectivity index (χ1n) is 2.97. The van der Waals surface area contributed by atoms with Crippen molar-refractivity contribution < 1.29 is 9.53 Å². The van der Waals surface area contributed by atoms with Crippen LogP contribution in [-0.2, 0) is 4.74 Å². The summed E-state index contributed by atoms with van der Waals surface area (Å²) in [5.41, 5.74) is 0. The predicted molar refractivity (Wildman–Crippen MR) is 41.6 cm³/mol. The van der Waals surface area contributed by atoms with E-state index in [9.17, 15) is 4.79 Å². The second kappa shape index (κ2) is 5.20. The van der Waals surface area contributed by atoms with Gasteiger partial charge < -0.3 is 9.64 Å². The van der Waals surface area contributed by atoms with Crippen molar-refractivity contribution in [2.24, 2.45) is 0 Å². The molecule has 3 nitrogen and oxygen atoms in total. The summed E-state index contributed by atoms with van der Waals surface area (Å²) in [5.74, 6) is 4.47. The van der Waals surface area contributed by atoms with Gasteiger partial charge in [-0.2, -0.15) is 0 Å². The van der Waals surface area contributed by atoms with Gasteiger partial charge in [-0.05, 0) is 0 Å². The van der Waals surface area contributed by atoms with Gasteiger partial charge in [0.25, 0.3) is 0 Å². The number of terminal acetylenes is 2. The zero-order valence-electron chi connectivity index (χ0n) is 6.33. The van der Waals surface area contributed by atoms with Crippen LogP contribution in [0.5, 0.6) is 0 Å². The third kappa shape index (κ3) is 3.89.